The van der Waals surface area contributed by atoms with Crippen LogP contribution < -0.4 is 10.2 Å². The maximum Gasteiger partial charge on any atom is 0.228 e. The summed E-state index contributed by atoms with van der Waals surface area (Å²) in [4.78, 5) is 27.9. The maximum atomic E-state index is 13.3. The Morgan fingerprint density at radius 2 is 1.92 bits per heavy atom. The van der Waals surface area contributed by atoms with Crippen LogP contribution in [0.4, 0.5) is 14.5 Å². The SMILES string of the molecule is C[C@@H]1CNCCN1C(=O)C1CC(=O)N(c2cc(F)cc(F)c2)C1.Cl. The van der Waals surface area contributed by atoms with Gasteiger partial charge in [0, 0.05) is 50.4 Å². The number of anilines is 1. The minimum atomic E-state index is -0.738. The van der Waals surface area contributed by atoms with Gasteiger partial charge < -0.3 is 15.1 Å². The van der Waals surface area contributed by atoms with E-state index in [1.54, 1.807) is 4.90 Å². The third-order valence-corrected chi connectivity index (χ3v) is 4.42. The van der Waals surface area contributed by atoms with E-state index < -0.39 is 17.6 Å². The highest BCUT2D eigenvalue weighted by atomic mass is 35.5. The lowest BCUT2D eigenvalue weighted by Crippen LogP contribution is -2.54. The highest BCUT2D eigenvalue weighted by Gasteiger charge is 2.38. The normalized spacial score (nSPS) is 24.0. The first-order valence-electron chi connectivity index (χ1n) is 7.73. The summed E-state index contributed by atoms with van der Waals surface area (Å²) in [5, 5.41) is 3.21. The molecule has 1 aromatic carbocycles. The molecule has 0 saturated carbocycles. The van der Waals surface area contributed by atoms with Gasteiger partial charge in [-0.1, -0.05) is 0 Å². The molecule has 24 heavy (non-hydrogen) atoms. The molecule has 2 amide bonds. The molecule has 0 radical (unpaired) electrons. The molecule has 2 heterocycles. The average Bonchev–Trinajstić information content (AvgIpc) is 2.88. The van der Waals surface area contributed by atoms with Crippen LogP contribution in [0.2, 0.25) is 0 Å². The fourth-order valence-electron chi connectivity index (χ4n) is 3.22. The molecule has 1 N–H and O–H groups in total. The predicted molar refractivity (Wildman–Crippen MR) is 88.1 cm³/mol. The molecule has 5 nitrogen and oxygen atoms in total. The minimum absolute atomic E-state index is 0. The van der Waals surface area contributed by atoms with Gasteiger partial charge >= 0.3 is 0 Å². The fraction of sp³-hybridized carbons (Fsp3) is 0.500. The number of hydrogen-bond acceptors (Lipinski definition) is 3. The highest BCUT2D eigenvalue weighted by molar-refractivity contribution is 6.00. The van der Waals surface area contributed by atoms with Crippen LogP contribution in [0.15, 0.2) is 18.2 Å². The summed E-state index contributed by atoms with van der Waals surface area (Å²) in [5.74, 6) is -2.28. The zero-order chi connectivity index (χ0) is 16.6. The average molecular weight is 360 g/mol. The first-order valence-corrected chi connectivity index (χ1v) is 7.73. The summed E-state index contributed by atoms with van der Waals surface area (Å²) in [6.45, 7) is 4.19. The van der Waals surface area contributed by atoms with Crippen LogP contribution in [0.5, 0.6) is 0 Å². The molecule has 0 aromatic heterocycles. The summed E-state index contributed by atoms with van der Waals surface area (Å²) < 4.78 is 26.7. The zero-order valence-electron chi connectivity index (χ0n) is 13.3. The van der Waals surface area contributed by atoms with Crippen molar-refractivity contribution in [1.29, 1.82) is 0 Å². The van der Waals surface area contributed by atoms with Gasteiger partial charge in [-0.3, -0.25) is 9.59 Å². The molecule has 1 unspecified atom stereocenters. The summed E-state index contributed by atoms with van der Waals surface area (Å²) in [7, 11) is 0. The van der Waals surface area contributed by atoms with Gasteiger partial charge in [0.05, 0.1) is 5.92 Å². The first kappa shape index (κ1) is 18.6. The van der Waals surface area contributed by atoms with E-state index in [1.807, 2.05) is 6.92 Å². The third kappa shape index (κ3) is 3.67. The number of hydrogen-bond donors (Lipinski definition) is 1. The van der Waals surface area contributed by atoms with E-state index in [0.717, 1.165) is 31.3 Å². The van der Waals surface area contributed by atoms with Crippen LogP contribution in [-0.2, 0) is 9.59 Å². The lowest BCUT2D eigenvalue weighted by molar-refractivity contribution is -0.138. The highest BCUT2D eigenvalue weighted by Crippen LogP contribution is 2.28. The molecule has 0 aliphatic carbocycles. The lowest BCUT2D eigenvalue weighted by atomic mass is 10.1. The number of rotatable bonds is 2. The number of carbonyl (C=O) groups excluding carboxylic acids is 2. The van der Waals surface area contributed by atoms with E-state index in [1.165, 1.54) is 4.90 Å². The Morgan fingerprint density at radius 3 is 2.54 bits per heavy atom. The molecule has 0 spiro atoms. The van der Waals surface area contributed by atoms with Crippen LogP contribution in [-0.4, -0.2) is 48.9 Å². The number of nitrogens with zero attached hydrogens (tertiary/aromatic N) is 2. The second-order valence-corrected chi connectivity index (χ2v) is 6.12. The first-order chi connectivity index (χ1) is 11.0. The van der Waals surface area contributed by atoms with Crippen LogP contribution >= 0.6 is 12.4 Å². The number of piperazine rings is 1. The Morgan fingerprint density at radius 1 is 1.25 bits per heavy atom. The van der Waals surface area contributed by atoms with E-state index >= 15 is 0 Å². The summed E-state index contributed by atoms with van der Waals surface area (Å²) in [6.07, 6.45) is 0.0770. The van der Waals surface area contributed by atoms with Crippen molar-refractivity contribution in [1.82, 2.24) is 10.2 Å². The smallest absolute Gasteiger partial charge is 0.228 e. The van der Waals surface area contributed by atoms with E-state index in [-0.39, 0.29) is 48.9 Å². The minimum Gasteiger partial charge on any atom is -0.337 e. The van der Waals surface area contributed by atoms with Gasteiger partial charge in [0.15, 0.2) is 0 Å². The maximum absolute atomic E-state index is 13.3. The summed E-state index contributed by atoms with van der Waals surface area (Å²) in [6, 6.07) is 3.06. The van der Waals surface area contributed by atoms with Gasteiger partial charge in [-0.25, -0.2) is 8.78 Å². The van der Waals surface area contributed by atoms with Crippen molar-refractivity contribution in [2.45, 2.75) is 19.4 Å². The van der Waals surface area contributed by atoms with Gasteiger partial charge in [-0.05, 0) is 19.1 Å². The summed E-state index contributed by atoms with van der Waals surface area (Å²) >= 11 is 0. The van der Waals surface area contributed by atoms with Crippen molar-refractivity contribution < 1.29 is 18.4 Å². The molecule has 0 bridgehead atoms. The molecular formula is C16H20ClF2N3O2. The van der Waals surface area contributed by atoms with E-state index in [9.17, 15) is 18.4 Å². The largest absolute Gasteiger partial charge is 0.337 e. The Bertz CT molecular complexity index is 623. The van der Waals surface area contributed by atoms with Crippen LogP contribution in [0.3, 0.4) is 0 Å². The molecule has 132 valence electrons. The molecule has 2 aliphatic heterocycles. The van der Waals surface area contributed by atoms with Crippen LogP contribution in [0.25, 0.3) is 0 Å². The van der Waals surface area contributed by atoms with Crippen molar-refractivity contribution in [3.8, 4) is 0 Å². The Balaban J connectivity index is 0.00000208. The second kappa shape index (κ2) is 7.44. The number of carbonyl (C=O) groups is 2. The van der Waals surface area contributed by atoms with Crippen molar-refractivity contribution in [3.05, 3.63) is 29.8 Å². The number of benzene rings is 1. The Labute approximate surface area is 145 Å². The van der Waals surface area contributed by atoms with Crippen molar-refractivity contribution in [3.63, 3.8) is 0 Å². The zero-order valence-corrected chi connectivity index (χ0v) is 14.1. The molecular weight excluding hydrogens is 340 g/mol. The van der Waals surface area contributed by atoms with Crippen LogP contribution in [0, 0.1) is 17.6 Å². The molecule has 2 atom stereocenters. The van der Waals surface area contributed by atoms with Gasteiger partial charge in [-0.2, -0.15) is 0 Å². The molecule has 1 aromatic rings. The third-order valence-electron chi connectivity index (χ3n) is 4.42. The molecule has 8 heteroatoms. The fourth-order valence-corrected chi connectivity index (χ4v) is 3.22. The van der Waals surface area contributed by atoms with Gasteiger partial charge in [-0.15, -0.1) is 12.4 Å². The van der Waals surface area contributed by atoms with E-state index in [2.05, 4.69) is 5.32 Å². The van der Waals surface area contributed by atoms with Gasteiger partial charge in [0.2, 0.25) is 11.8 Å². The molecule has 2 aliphatic rings. The molecule has 3 rings (SSSR count). The molecule has 2 fully saturated rings. The number of amides is 2. The van der Waals surface area contributed by atoms with Crippen molar-refractivity contribution >= 4 is 29.9 Å². The van der Waals surface area contributed by atoms with Gasteiger partial charge in [0.25, 0.3) is 0 Å². The van der Waals surface area contributed by atoms with Gasteiger partial charge in [0.1, 0.15) is 11.6 Å². The van der Waals surface area contributed by atoms with Crippen LogP contribution in [0.1, 0.15) is 13.3 Å². The molecule has 2 saturated heterocycles. The van der Waals surface area contributed by atoms with Crippen molar-refractivity contribution in [2.75, 3.05) is 31.1 Å². The summed E-state index contributed by atoms with van der Waals surface area (Å²) in [5.41, 5.74) is 0.163. The van der Waals surface area contributed by atoms with E-state index in [0.29, 0.717) is 6.54 Å². The second-order valence-electron chi connectivity index (χ2n) is 6.12. The van der Waals surface area contributed by atoms with E-state index in [4.69, 9.17) is 0 Å². The number of nitrogens with one attached hydrogen (secondary N) is 1. The Kier molecular flexibility index (Phi) is 5.77. The lowest BCUT2D eigenvalue weighted by Gasteiger charge is -2.35. The number of halogens is 3. The topological polar surface area (TPSA) is 52.7 Å². The monoisotopic (exact) mass is 359 g/mol. The van der Waals surface area contributed by atoms with Crippen molar-refractivity contribution in [2.24, 2.45) is 5.92 Å². The Hall–Kier alpha value is -1.73. The predicted octanol–water partition coefficient (Wildman–Crippen LogP) is 1.56. The standard InChI is InChI=1S/C16H19F2N3O2.ClH/c1-10-8-19-2-3-20(10)16(23)11-4-15(22)21(9-11)14-6-12(17)5-13(18)7-14;/h5-7,10-11,19H,2-4,8-9H2,1H3;1H/t10-,11?;/m1./s1. The quantitative estimate of drug-likeness (QED) is 0.872.